The van der Waals surface area contributed by atoms with E-state index in [4.69, 9.17) is 19.4 Å². The van der Waals surface area contributed by atoms with Gasteiger partial charge in [-0.1, -0.05) is 121 Å². The zero-order chi connectivity index (χ0) is 33.0. The maximum absolute atomic E-state index is 6.22. The molecular formula is C45H28N4O. The second-order valence-electron chi connectivity index (χ2n) is 12.5. The number of hydrogen-bond acceptors (Lipinski definition) is 4. The Labute approximate surface area is 287 Å². The lowest BCUT2D eigenvalue weighted by Gasteiger charge is -2.11. The molecule has 0 bridgehead atoms. The van der Waals surface area contributed by atoms with Crippen LogP contribution in [-0.4, -0.2) is 19.5 Å². The minimum absolute atomic E-state index is 0.615. The van der Waals surface area contributed by atoms with Crippen molar-refractivity contribution in [2.75, 3.05) is 0 Å². The van der Waals surface area contributed by atoms with Gasteiger partial charge in [-0.05, 0) is 59.7 Å². The molecule has 234 valence electrons. The Bertz CT molecular complexity index is 2870. The molecule has 0 saturated carbocycles. The van der Waals surface area contributed by atoms with Crippen LogP contribution in [0.4, 0.5) is 0 Å². The highest BCUT2D eigenvalue weighted by Gasteiger charge is 2.20. The van der Waals surface area contributed by atoms with Crippen LogP contribution in [0, 0.1) is 0 Å². The largest absolute Gasteiger partial charge is 0.456 e. The molecule has 50 heavy (non-hydrogen) atoms. The van der Waals surface area contributed by atoms with E-state index in [1.54, 1.807) is 0 Å². The zero-order valence-electron chi connectivity index (χ0n) is 26.9. The van der Waals surface area contributed by atoms with E-state index in [0.717, 1.165) is 77.2 Å². The van der Waals surface area contributed by atoms with Crippen LogP contribution in [-0.2, 0) is 0 Å². The summed E-state index contributed by atoms with van der Waals surface area (Å²) in [5.74, 6) is 1.87. The third-order valence-electron chi connectivity index (χ3n) is 9.45. The number of nitrogens with zero attached hydrogens (tertiary/aromatic N) is 4. The fraction of sp³-hybridized carbons (Fsp3) is 0. The van der Waals surface area contributed by atoms with Crippen LogP contribution >= 0.6 is 0 Å². The van der Waals surface area contributed by atoms with Crippen molar-refractivity contribution in [1.82, 2.24) is 19.5 Å². The molecule has 0 spiro atoms. The van der Waals surface area contributed by atoms with Gasteiger partial charge in [-0.2, -0.15) is 0 Å². The first kappa shape index (κ1) is 28.2. The van der Waals surface area contributed by atoms with Gasteiger partial charge in [0.15, 0.2) is 17.5 Å². The lowest BCUT2D eigenvalue weighted by molar-refractivity contribution is 0.669. The average molecular weight is 641 g/mol. The van der Waals surface area contributed by atoms with Gasteiger partial charge < -0.3 is 8.98 Å². The van der Waals surface area contributed by atoms with E-state index >= 15 is 0 Å². The van der Waals surface area contributed by atoms with E-state index < -0.39 is 0 Å². The molecule has 0 aliphatic carbocycles. The molecule has 0 atom stereocenters. The van der Waals surface area contributed by atoms with Gasteiger partial charge in [-0.15, -0.1) is 0 Å². The molecule has 7 aromatic carbocycles. The van der Waals surface area contributed by atoms with Crippen molar-refractivity contribution < 1.29 is 4.42 Å². The third-order valence-corrected chi connectivity index (χ3v) is 9.45. The Morgan fingerprint density at radius 1 is 0.380 bits per heavy atom. The van der Waals surface area contributed by atoms with Crippen molar-refractivity contribution in [3.05, 3.63) is 170 Å². The van der Waals surface area contributed by atoms with E-state index in [2.05, 4.69) is 120 Å². The quantitative estimate of drug-likeness (QED) is 0.188. The van der Waals surface area contributed by atoms with Crippen molar-refractivity contribution >= 4 is 43.7 Å². The van der Waals surface area contributed by atoms with Crippen molar-refractivity contribution in [3.63, 3.8) is 0 Å². The Kier molecular flexibility index (Phi) is 6.42. The molecule has 0 unspecified atom stereocenters. The number of para-hydroxylation sites is 3. The molecule has 10 rings (SSSR count). The van der Waals surface area contributed by atoms with Crippen LogP contribution in [0.3, 0.4) is 0 Å². The van der Waals surface area contributed by atoms with E-state index in [9.17, 15) is 0 Å². The average Bonchev–Trinajstić information content (AvgIpc) is 3.74. The molecule has 3 aromatic heterocycles. The lowest BCUT2D eigenvalue weighted by atomic mass is 10.0. The van der Waals surface area contributed by atoms with Crippen molar-refractivity contribution in [2.24, 2.45) is 0 Å². The smallest absolute Gasteiger partial charge is 0.164 e. The molecule has 3 heterocycles. The van der Waals surface area contributed by atoms with Gasteiger partial charge in [0.25, 0.3) is 0 Å². The fourth-order valence-electron chi connectivity index (χ4n) is 7.15. The van der Waals surface area contributed by atoms with Crippen LogP contribution in [0.25, 0.3) is 94.7 Å². The van der Waals surface area contributed by atoms with Crippen LogP contribution < -0.4 is 0 Å². The van der Waals surface area contributed by atoms with Gasteiger partial charge in [0.05, 0.1) is 11.0 Å². The van der Waals surface area contributed by atoms with Crippen LogP contribution in [0.5, 0.6) is 0 Å². The minimum atomic E-state index is 0.615. The maximum Gasteiger partial charge on any atom is 0.164 e. The van der Waals surface area contributed by atoms with Crippen molar-refractivity contribution in [1.29, 1.82) is 0 Å². The Morgan fingerprint density at radius 2 is 0.980 bits per heavy atom. The normalized spacial score (nSPS) is 11.6. The summed E-state index contributed by atoms with van der Waals surface area (Å²) in [4.78, 5) is 15.4. The van der Waals surface area contributed by atoms with E-state index in [0.29, 0.717) is 17.5 Å². The van der Waals surface area contributed by atoms with Gasteiger partial charge in [0.2, 0.25) is 0 Å². The second-order valence-corrected chi connectivity index (χ2v) is 12.5. The third kappa shape index (κ3) is 4.60. The van der Waals surface area contributed by atoms with Crippen LogP contribution in [0.15, 0.2) is 174 Å². The highest BCUT2D eigenvalue weighted by Crippen LogP contribution is 2.39. The molecular weight excluding hydrogens is 613 g/mol. The molecule has 10 aromatic rings. The lowest BCUT2D eigenvalue weighted by Crippen LogP contribution is -2.00. The molecule has 0 radical (unpaired) electrons. The molecule has 5 heteroatoms. The zero-order valence-corrected chi connectivity index (χ0v) is 26.9. The predicted molar refractivity (Wildman–Crippen MR) is 203 cm³/mol. The van der Waals surface area contributed by atoms with Gasteiger partial charge in [0, 0.05) is 43.9 Å². The molecule has 0 amide bonds. The minimum Gasteiger partial charge on any atom is -0.456 e. The molecule has 0 aliphatic heterocycles. The maximum atomic E-state index is 6.22. The summed E-state index contributed by atoms with van der Waals surface area (Å²) in [5.41, 5.74) is 10.0. The highest BCUT2D eigenvalue weighted by atomic mass is 16.3. The van der Waals surface area contributed by atoms with Gasteiger partial charge >= 0.3 is 0 Å². The summed E-state index contributed by atoms with van der Waals surface area (Å²) >= 11 is 0. The fourth-order valence-corrected chi connectivity index (χ4v) is 7.15. The SMILES string of the molecule is c1ccc(-c2nc(-c3cccc(-c4ccc5c(c4)oc4ccccc45)c3)nc(-c3cccc4c3c3ccccc3n4-c3ccccc3)n2)cc1. The molecule has 0 N–H and O–H groups in total. The molecule has 0 aliphatic rings. The summed E-state index contributed by atoms with van der Waals surface area (Å²) in [5, 5.41) is 4.48. The number of aromatic nitrogens is 4. The number of hydrogen-bond donors (Lipinski definition) is 0. The Hall–Kier alpha value is -6.85. The van der Waals surface area contributed by atoms with E-state index in [1.807, 2.05) is 54.6 Å². The summed E-state index contributed by atoms with van der Waals surface area (Å²) in [7, 11) is 0. The number of fused-ring (bicyclic) bond motifs is 6. The van der Waals surface area contributed by atoms with Gasteiger partial charge in [-0.3, -0.25) is 0 Å². The summed E-state index contributed by atoms with van der Waals surface area (Å²) in [6.45, 7) is 0. The first-order valence-electron chi connectivity index (χ1n) is 16.7. The Balaban J connectivity index is 1.17. The van der Waals surface area contributed by atoms with E-state index in [1.165, 1.54) is 0 Å². The van der Waals surface area contributed by atoms with Crippen LogP contribution in [0.2, 0.25) is 0 Å². The van der Waals surface area contributed by atoms with Crippen molar-refractivity contribution in [3.8, 4) is 51.0 Å². The van der Waals surface area contributed by atoms with Gasteiger partial charge in [0.1, 0.15) is 11.2 Å². The monoisotopic (exact) mass is 640 g/mol. The highest BCUT2D eigenvalue weighted by molar-refractivity contribution is 6.15. The summed E-state index contributed by atoms with van der Waals surface area (Å²) in [6, 6.07) is 58.5. The van der Waals surface area contributed by atoms with Gasteiger partial charge in [-0.25, -0.2) is 15.0 Å². The molecule has 0 saturated heterocycles. The predicted octanol–water partition coefficient (Wildman–Crippen LogP) is 11.5. The topological polar surface area (TPSA) is 56.7 Å². The van der Waals surface area contributed by atoms with Crippen LogP contribution in [0.1, 0.15) is 0 Å². The summed E-state index contributed by atoms with van der Waals surface area (Å²) < 4.78 is 8.54. The first-order chi connectivity index (χ1) is 24.8. The van der Waals surface area contributed by atoms with Crippen molar-refractivity contribution in [2.45, 2.75) is 0 Å². The standard InChI is InChI=1S/C45H28N4O/c1-3-13-29(14-4-1)43-46-44(32-16-11-15-30(27-32)31-25-26-35-34-19-8-10-24-40(34)50-41(35)28-31)48-45(47-43)37-21-12-23-39-42(37)36-20-7-9-22-38(36)49(39)33-17-5-2-6-18-33/h1-28H. The summed E-state index contributed by atoms with van der Waals surface area (Å²) in [6.07, 6.45) is 0. The molecule has 5 nitrogen and oxygen atoms in total. The number of benzene rings is 7. The first-order valence-corrected chi connectivity index (χ1v) is 16.7. The second kappa shape index (κ2) is 11.4. The number of rotatable bonds is 5. The van der Waals surface area contributed by atoms with E-state index in [-0.39, 0.29) is 0 Å². The molecule has 0 fully saturated rings. The Morgan fingerprint density at radius 3 is 1.84 bits per heavy atom. The number of furan rings is 1.